The van der Waals surface area contributed by atoms with Crippen molar-refractivity contribution in [3.05, 3.63) is 102 Å². The van der Waals surface area contributed by atoms with Crippen LogP contribution in [0.2, 0.25) is 0 Å². The summed E-state index contributed by atoms with van der Waals surface area (Å²) in [5.41, 5.74) is 2.60. The Labute approximate surface area is 183 Å². The maximum absolute atomic E-state index is 6.08. The van der Waals surface area contributed by atoms with Crippen LogP contribution in [0.15, 0.2) is 101 Å². The van der Waals surface area contributed by atoms with Gasteiger partial charge in [0.1, 0.15) is 0 Å². The Morgan fingerprint density at radius 2 is 1.13 bits per heavy atom. The van der Waals surface area contributed by atoms with Gasteiger partial charge >= 0.3 is 0 Å². The third-order valence-corrected chi connectivity index (χ3v) is 18.8. The van der Waals surface area contributed by atoms with Crippen LogP contribution < -0.4 is 10.6 Å². The molecule has 1 aliphatic heterocycles. The van der Waals surface area contributed by atoms with E-state index in [4.69, 9.17) is 4.52 Å². The molecule has 1 aliphatic rings. The lowest BCUT2D eigenvalue weighted by Crippen LogP contribution is -2.18. The summed E-state index contributed by atoms with van der Waals surface area (Å²) in [6, 6.07) is 33.2. The van der Waals surface area contributed by atoms with Crippen molar-refractivity contribution in [1.29, 1.82) is 0 Å². The largest absolute Gasteiger partial charge is 0.196 e. The maximum atomic E-state index is 6.08. The molecule has 3 aromatic rings. The minimum absolute atomic E-state index is 0.347. The van der Waals surface area contributed by atoms with E-state index in [1.54, 1.807) is 5.21 Å². The third kappa shape index (κ3) is 3.66. The fraction of sp³-hybridized carbons (Fsp3) is 0.231. The second kappa shape index (κ2) is 8.70. The summed E-state index contributed by atoms with van der Waals surface area (Å²) in [4.78, 5) is 0. The molecular formula is C26H32BNP2. The molecule has 3 aromatic carbocycles. The van der Waals surface area contributed by atoms with E-state index in [-0.39, 0.29) is 7.00 Å². The van der Waals surface area contributed by atoms with Crippen LogP contribution in [0.1, 0.15) is 33.3 Å². The predicted octanol–water partition coefficient (Wildman–Crippen LogP) is 6.68. The summed E-state index contributed by atoms with van der Waals surface area (Å²) in [6.45, 7) is 9.36. The van der Waals surface area contributed by atoms with Crippen molar-refractivity contribution in [2.24, 2.45) is 4.52 Å². The summed E-state index contributed by atoms with van der Waals surface area (Å²) in [5, 5.41) is 4.51. The van der Waals surface area contributed by atoms with Crippen LogP contribution in [0.25, 0.3) is 6.08 Å². The molecule has 4 rings (SSSR count). The summed E-state index contributed by atoms with van der Waals surface area (Å²) in [5.74, 6) is 0. The van der Waals surface area contributed by atoms with Crippen LogP contribution >= 0.6 is 14.3 Å². The molecule has 4 heteroatoms. The van der Waals surface area contributed by atoms with Gasteiger partial charge in [-0.15, -0.1) is 5.21 Å². The Kier molecular flexibility index (Phi) is 6.20. The van der Waals surface area contributed by atoms with Crippen molar-refractivity contribution in [2.45, 2.75) is 39.0 Å². The van der Waals surface area contributed by atoms with Gasteiger partial charge in [-0.05, 0) is 40.6 Å². The molecule has 30 heavy (non-hydrogen) atoms. The van der Waals surface area contributed by atoms with Crippen molar-refractivity contribution in [1.82, 2.24) is 0 Å². The van der Waals surface area contributed by atoms with Crippen LogP contribution in [-0.2, 0) is 0 Å². The first-order valence-electron chi connectivity index (χ1n) is 11.2. The van der Waals surface area contributed by atoms with Gasteiger partial charge in [-0.1, -0.05) is 97.1 Å². The van der Waals surface area contributed by atoms with Crippen LogP contribution in [0.3, 0.4) is 0 Å². The lowest BCUT2D eigenvalue weighted by Gasteiger charge is -2.33. The predicted molar refractivity (Wildman–Crippen MR) is 142 cm³/mol. The molecule has 0 fully saturated rings. The second-order valence-electron chi connectivity index (χ2n) is 9.10. The molecule has 1 heterocycles. The topological polar surface area (TPSA) is 12.4 Å². The van der Waals surface area contributed by atoms with Crippen LogP contribution in [0.5, 0.6) is 0 Å². The third-order valence-electron chi connectivity index (χ3n) is 6.95. The quantitative estimate of drug-likeness (QED) is 0.316. The summed E-state index contributed by atoms with van der Waals surface area (Å²) >= 11 is 0. The van der Waals surface area contributed by atoms with Gasteiger partial charge in [0.05, 0.1) is 7.05 Å². The summed E-state index contributed by atoms with van der Waals surface area (Å²) in [7, 11) is -3.37. The van der Waals surface area contributed by atoms with Gasteiger partial charge in [-0.3, -0.25) is 0 Å². The zero-order chi connectivity index (χ0) is 21.2. The highest BCUT2D eigenvalue weighted by Gasteiger charge is 2.49. The smallest absolute Gasteiger partial charge is 0.188 e. The summed E-state index contributed by atoms with van der Waals surface area (Å²) < 4.78 is 6.08. The van der Waals surface area contributed by atoms with Crippen molar-refractivity contribution < 1.29 is 0 Å². The normalized spacial score (nSPS) is 18.7. The molecule has 0 bridgehead atoms. The molecule has 1 nitrogen and oxygen atoms in total. The highest BCUT2D eigenvalue weighted by atomic mass is 31.2. The average Bonchev–Trinajstić information content (AvgIpc) is 3.13. The van der Waals surface area contributed by atoms with E-state index in [0.29, 0.717) is 11.3 Å². The fourth-order valence-corrected chi connectivity index (χ4v) is 18.7. The monoisotopic (exact) mass is 431 g/mol. The van der Waals surface area contributed by atoms with Gasteiger partial charge in [-0.2, -0.15) is 4.52 Å². The molecule has 0 aliphatic carbocycles. The Balaban J connectivity index is 2.10. The SMILES string of the molecule is CC(C)[P+]1(C(C)C)[BH2-]/C(=C\c2ccccc2)P(c2ccccc2)(c2ccccc2)=N1. The zero-order valence-corrected chi connectivity index (χ0v) is 20.5. The standard InChI is InChI=1S/C26H32BNP2/c1-21(2)30(22(3)4)27-26(20-23-14-8-5-9-15-23)29(28-30,24-16-10-6-11-17-24)25-18-12-7-13-19-25/h5-22H,27H2,1-4H3/b26-20+. The van der Waals surface area contributed by atoms with E-state index in [1.165, 1.54) is 16.2 Å². The van der Waals surface area contributed by atoms with Gasteiger partial charge in [0, 0.05) is 21.9 Å². The number of benzene rings is 3. The molecule has 154 valence electrons. The van der Waals surface area contributed by atoms with E-state index in [9.17, 15) is 0 Å². The number of hydrogen-bond acceptors (Lipinski definition) is 1. The van der Waals surface area contributed by atoms with Crippen molar-refractivity contribution >= 4 is 38.0 Å². The van der Waals surface area contributed by atoms with E-state index < -0.39 is 14.3 Å². The van der Waals surface area contributed by atoms with Gasteiger partial charge in [-0.25, -0.2) is 0 Å². The van der Waals surface area contributed by atoms with E-state index >= 15 is 0 Å². The molecule has 0 N–H and O–H groups in total. The molecular weight excluding hydrogens is 399 g/mol. The van der Waals surface area contributed by atoms with Gasteiger partial charge < -0.3 is 0 Å². The van der Waals surface area contributed by atoms with E-state index in [2.05, 4.69) is 125 Å². The summed E-state index contributed by atoms with van der Waals surface area (Å²) in [6.07, 6.45) is 2.52. The minimum atomic E-state index is -1.97. The first-order valence-corrected chi connectivity index (χ1v) is 15.2. The number of nitrogens with zero attached hydrogens (tertiary/aromatic N) is 1. The first kappa shape index (κ1) is 21.4. The molecule has 0 radical (unpaired) electrons. The van der Waals surface area contributed by atoms with Crippen LogP contribution in [0.4, 0.5) is 0 Å². The second-order valence-corrected chi connectivity index (χ2v) is 17.5. The Morgan fingerprint density at radius 3 is 1.57 bits per heavy atom. The average molecular weight is 431 g/mol. The van der Waals surface area contributed by atoms with Gasteiger partial charge in [0.2, 0.25) is 0 Å². The minimum Gasteiger partial charge on any atom is -0.188 e. The molecule has 0 saturated carbocycles. The number of hydrogen-bond donors (Lipinski definition) is 0. The fourth-order valence-electron chi connectivity index (χ4n) is 5.13. The first-order chi connectivity index (χ1) is 14.5. The molecule has 0 saturated heterocycles. The Hall–Kier alpha value is -1.88. The van der Waals surface area contributed by atoms with Crippen molar-refractivity contribution in [3.63, 3.8) is 0 Å². The van der Waals surface area contributed by atoms with E-state index in [0.717, 1.165) is 0 Å². The van der Waals surface area contributed by atoms with Crippen LogP contribution in [0, 0.1) is 0 Å². The maximum Gasteiger partial charge on any atom is 0.196 e. The van der Waals surface area contributed by atoms with Gasteiger partial charge in [0.25, 0.3) is 0 Å². The van der Waals surface area contributed by atoms with Crippen molar-refractivity contribution in [2.75, 3.05) is 0 Å². The highest BCUT2D eigenvalue weighted by molar-refractivity contribution is 8.12. The molecule has 0 atom stereocenters. The lowest BCUT2D eigenvalue weighted by molar-refractivity contribution is 0.999. The van der Waals surface area contributed by atoms with Crippen molar-refractivity contribution in [3.8, 4) is 0 Å². The highest BCUT2D eigenvalue weighted by Crippen LogP contribution is 2.81. The Bertz CT molecular complexity index is 1020. The molecule has 0 amide bonds. The molecule has 0 spiro atoms. The van der Waals surface area contributed by atoms with Crippen LogP contribution in [-0.4, -0.2) is 18.3 Å². The van der Waals surface area contributed by atoms with E-state index in [1.807, 2.05) is 0 Å². The van der Waals surface area contributed by atoms with Gasteiger partial charge in [0.15, 0.2) is 7.00 Å². The lowest BCUT2D eigenvalue weighted by atomic mass is 10.0. The zero-order valence-electron chi connectivity index (χ0n) is 18.7. The molecule has 0 aromatic heterocycles. The number of rotatable bonds is 5. The molecule has 0 unspecified atom stereocenters. The Morgan fingerprint density at radius 1 is 0.700 bits per heavy atom.